The van der Waals surface area contributed by atoms with E-state index in [0.29, 0.717) is 11.4 Å². The second-order valence-electron chi connectivity index (χ2n) is 4.80. The third kappa shape index (κ3) is 3.57. The van der Waals surface area contributed by atoms with Crippen LogP contribution in [0.25, 0.3) is 0 Å². The normalized spacial score (nSPS) is 9.81. The molecule has 106 valence electrons. The lowest BCUT2D eigenvalue weighted by Crippen LogP contribution is -2.05. The fraction of sp³-hybridized carbons (Fsp3) is 0.188. The highest BCUT2D eigenvalue weighted by molar-refractivity contribution is 5.88. The van der Waals surface area contributed by atoms with Crippen molar-refractivity contribution >= 4 is 23.1 Å². The summed E-state index contributed by atoms with van der Waals surface area (Å²) in [5.74, 6) is 0.431. The summed E-state index contributed by atoms with van der Waals surface area (Å²) >= 11 is 0. The highest BCUT2D eigenvalue weighted by Gasteiger charge is 2.08. The maximum Gasteiger partial charge on any atom is 0.221 e. The Morgan fingerprint density at radius 1 is 1.19 bits per heavy atom. The Hall–Kier alpha value is -2.87. The zero-order valence-electron chi connectivity index (χ0n) is 12.2. The Kier molecular flexibility index (Phi) is 4.19. The van der Waals surface area contributed by atoms with E-state index in [1.165, 1.54) is 6.92 Å². The molecule has 0 unspecified atom stereocenters. The molecule has 1 amide bonds. The van der Waals surface area contributed by atoms with Crippen LogP contribution in [0.1, 0.15) is 23.7 Å². The Labute approximate surface area is 123 Å². The largest absolute Gasteiger partial charge is 0.339 e. The summed E-state index contributed by atoms with van der Waals surface area (Å²) < 4.78 is 0. The number of carbonyl (C=O) groups is 1. The van der Waals surface area contributed by atoms with Crippen LogP contribution in [0, 0.1) is 25.2 Å². The lowest BCUT2D eigenvalue weighted by atomic mass is 10.1. The molecule has 1 aromatic carbocycles. The molecule has 0 aliphatic heterocycles. The lowest BCUT2D eigenvalue weighted by Gasteiger charge is -2.11. The van der Waals surface area contributed by atoms with Crippen molar-refractivity contribution in [2.75, 3.05) is 10.6 Å². The highest BCUT2D eigenvalue weighted by atomic mass is 16.1. The predicted octanol–water partition coefficient (Wildman–Crippen LogP) is 3.27. The van der Waals surface area contributed by atoms with Crippen molar-refractivity contribution in [3.63, 3.8) is 0 Å². The average molecular weight is 280 g/mol. The number of pyridine rings is 1. The number of carbonyl (C=O) groups excluding carboxylic acids is 1. The van der Waals surface area contributed by atoms with Crippen molar-refractivity contribution < 1.29 is 4.79 Å². The van der Waals surface area contributed by atoms with Gasteiger partial charge in [-0.1, -0.05) is 0 Å². The van der Waals surface area contributed by atoms with Gasteiger partial charge in [0.2, 0.25) is 5.91 Å². The number of anilines is 3. The summed E-state index contributed by atoms with van der Waals surface area (Å²) in [4.78, 5) is 15.3. The molecule has 0 spiro atoms. The molecule has 0 saturated carbocycles. The van der Waals surface area contributed by atoms with Crippen molar-refractivity contribution in [1.29, 1.82) is 5.26 Å². The molecule has 2 rings (SSSR count). The number of rotatable bonds is 3. The number of aryl methyl sites for hydroxylation is 2. The summed E-state index contributed by atoms with van der Waals surface area (Å²) in [6.45, 7) is 5.24. The van der Waals surface area contributed by atoms with Crippen LogP contribution < -0.4 is 10.6 Å². The van der Waals surface area contributed by atoms with Gasteiger partial charge in [-0.15, -0.1) is 0 Å². The van der Waals surface area contributed by atoms with Crippen LogP contribution >= 0.6 is 0 Å². The Balaban J connectivity index is 2.26. The number of benzene rings is 1. The fourth-order valence-corrected chi connectivity index (χ4v) is 2.05. The van der Waals surface area contributed by atoms with Gasteiger partial charge in [0, 0.05) is 24.0 Å². The average Bonchev–Trinajstić information content (AvgIpc) is 2.40. The number of nitriles is 1. The molecule has 1 aromatic heterocycles. The summed E-state index contributed by atoms with van der Waals surface area (Å²) in [6, 6.07) is 11.3. The van der Waals surface area contributed by atoms with Crippen molar-refractivity contribution in [3.8, 4) is 6.07 Å². The molecular weight excluding hydrogens is 264 g/mol. The lowest BCUT2D eigenvalue weighted by molar-refractivity contribution is -0.114. The zero-order chi connectivity index (χ0) is 15.4. The third-order valence-corrected chi connectivity index (χ3v) is 2.92. The van der Waals surface area contributed by atoms with Crippen LogP contribution in [-0.4, -0.2) is 10.9 Å². The van der Waals surface area contributed by atoms with Gasteiger partial charge >= 0.3 is 0 Å². The van der Waals surface area contributed by atoms with Gasteiger partial charge in [0.05, 0.1) is 5.56 Å². The number of nitrogens with zero attached hydrogens (tertiary/aromatic N) is 2. The zero-order valence-corrected chi connectivity index (χ0v) is 12.2. The maximum absolute atomic E-state index is 11.0. The number of amides is 1. The van der Waals surface area contributed by atoms with Crippen LogP contribution in [0.3, 0.4) is 0 Å². The number of aromatic nitrogens is 1. The molecule has 0 atom stereocenters. The van der Waals surface area contributed by atoms with Crippen molar-refractivity contribution in [2.24, 2.45) is 0 Å². The Morgan fingerprint density at radius 2 is 1.81 bits per heavy atom. The highest BCUT2D eigenvalue weighted by Crippen LogP contribution is 2.23. The van der Waals surface area contributed by atoms with E-state index in [1.807, 2.05) is 32.0 Å². The van der Waals surface area contributed by atoms with Gasteiger partial charge in [0.15, 0.2) is 0 Å². The van der Waals surface area contributed by atoms with E-state index in [1.54, 1.807) is 12.1 Å². The molecule has 1 heterocycles. The molecule has 0 fully saturated rings. The summed E-state index contributed by atoms with van der Waals surface area (Å²) in [5, 5.41) is 15.1. The molecule has 2 aromatic rings. The van der Waals surface area contributed by atoms with Gasteiger partial charge in [-0.2, -0.15) is 5.26 Å². The van der Waals surface area contributed by atoms with E-state index in [4.69, 9.17) is 0 Å². The first-order chi connectivity index (χ1) is 9.99. The van der Waals surface area contributed by atoms with Crippen molar-refractivity contribution in [1.82, 2.24) is 4.98 Å². The number of hydrogen-bond acceptors (Lipinski definition) is 4. The SMILES string of the molecule is CC(=O)Nc1ccc(Nc2nc(C)cc(C)c2C#N)cc1. The molecule has 5 heteroatoms. The van der Waals surface area contributed by atoms with E-state index < -0.39 is 0 Å². The van der Waals surface area contributed by atoms with E-state index in [2.05, 4.69) is 21.7 Å². The standard InChI is InChI=1S/C16H16N4O/c1-10-8-11(2)18-16(15(10)9-17)20-14-6-4-13(5-7-14)19-12(3)21/h4-8H,1-3H3,(H,18,20)(H,19,21). The second-order valence-corrected chi connectivity index (χ2v) is 4.80. The molecule has 0 aliphatic rings. The first kappa shape index (κ1) is 14.5. The predicted molar refractivity (Wildman–Crippen MR) is 82.5 cm³/mol. The van der Waals surface area contributed by atoms with Crippen molar-refractivity contribution in [2.45, 2.75) is 20.8 Å². The molecule has 0 saturated heterocycles. The van der Waals surface area contributed by atoms with Crippen LogP contribution in [0.4, 0.5) is 17.2 Å². The number of hydrogen-bond donors (Lipinski definition) is 2. The van der Waals surface area contributed by atoms with Gasteiger partial charge in [-0.25, -0.2) is 4.98 Å². The Morgan fingerprint density at radius 3 is 2.38 bits per heavy atom. The summed E-state index contributed by atoms with van der Waals surface area (Å²) in [6.07, 6.45) is 0. The monoisotopic (exact) mass is 280 g/mol. The minimum absolute atomic E-state index is 0.113. The van der Waals surface area contributed by atoms with Crippen LogP contribution in [0.2, 0.25) is 0 Å². The van der Waals surface area contributed by atoms with E-state index in [9.17, 15) is 10.1 Å². The first-order valence-electron chi connectivity index (χ1n) is 6.52. The van der Waals surface area contributed by atoms with E-state index in [-0.39, 0.29) is 5.91 Å². The van der Waals surface area contributed by atoms with E-state index in [0.717, 1.165) is 22.6 Å². The Bertz CT molecular complexity index is 714. The summed E-state index contributed by atoms with van der Waals surface area (Å²) in [5.41, 5.74) is 3.80. The second kappa shape index (κ2) is 6.06. The molecule has 0 aliphatic carbocycles. The van der Waals surface area contributed by atoms with Gasteiger partial charge in [-0.3, -0.25) is 4.79 Å². The minimum atomic E-state index is -0.113. The summed E-state index contributed by atoms with van der Waals surface area (Å²) in [7, 11) is 0. The quantitative estimate of drug-likeness (QED) is 0.904. The maximum atomic E-state index is 11.0. The topological polar surface area (TPSA) is 77.8 Å². The first-order valence-corrected chi connectivity index (χ1v) is 6.52. The van der Waals surface area contributed by atoms with Gasteiger partial charge < -0.3 is 10.6 Å². The molecule has 0 radical (unpaired) electrons. The van der Waals surface area contributed by atoms with Crippen LogP contribution in [-0.2, 0) is 4.79 Å². The van der Waals surface area contributed by atoms with Gasteiger partial charge in [0.25, 0.3) is 0 Å². The van der Waals surface area contributed by atoms with Crippen LogP contribution in [0.15, 0.2) is 30.3 Å². The fourth-order valence-electron chi connectivity index (χ4n) is 2.05. The molecule has 5 nitrogen and oxygen atoms in total. The van der Waals surface area contributed by atoms with E-state index >= 15 is 0 Å². The van der Waals surface area contributed by atoms with Crippen LogP contribution in [0.5, 0.6) is 0 Å². The minimum Gasteiger partial charge on any atom is -0.339 e. The van der Waals surface area contributed by atoms with Crippen molar-refractivity contribution in [3.05, 3.63) is 47.2 Å². The van der Waals surface area contributed by atoms with Gasteiger partial charge in [-0.05, 0) is 49.7 Å². The third-order valence-electron chi connectivity index (χ3n) is 2.92. The molecule has 2 N–H and O–H groups in total. The number of nitrogens with one attached hydrogen (secondary N) is 2. The van der Waals surface area contributed by atoms with Gasteiger partial charge in [0.1, 0.15) is 11.9 Å². The molecular formula is C16H16N4O. The molecule has 0 bridgehead atoms. The molecule has 21 heavy (non-hydrogen) atoms. The smallest absolute Gasteiger partial charge is 0.221 e.